The number of halogens is 2. The van der Waals surface area contributed by atoms with Gasteiger partial charge in [0.1, 0.15) is 5.75 Å². The monoisotopic (exact) mass is 407 g/mol. The molecule has 2 aromatic rings. The number of amides is 2. The van der Waals surface area contributed by atoms with Crippen LogP contribution in [0.3, 0.4) is 0 Å². The van der Waals surface area contributed by atoms with Crippen molar-refractivity contribution in [3.63, 3.8) is 0 Å². The lowest BCUT2D eigenvalue weighted by molar-refractivity contribution is -0.130. The van der Waals surface area contributed by atoms with Crippen LogP contribution in [0.15, 0.2) is 47.6 Å². The summed E-state index contributed by atoms with van der Waals surface area (Å²) in [6.45, 7) is 3.26. The van der Waals surface area contributed by atoms with Crippen LogP contribution in [0.5, 0.6) is 5.75 Å². The maximum Gasteiger partial charge on any atom is 0.261 e. The molecule has 0 radical (unpaired) electrons. The zero-order valence-corrected chi connectivity index (χ0v) is 16.3. The fourth-order valence-corrected chi connectivity index (χ4v) is 2.52. The van der Waals surface area contributed by atoms with Crippen molar-refractivity contribution in [1.29, 1.82) is 0 Å². The number of rotatable bonds is 7. The fraction of sp³-hybridized carbons (Fsp3) is 0.211. The molecule has 1 atom stereocenters. The van der Waals surface area contributed by atoms with Crippen LogP contribution >= 0.6 is 23.2 Å². The van der Waals surface area contributed by atoms with E-state index in [1.807, 2.05) is 31.2 Å². The minimum atomic E-state index is -0.841. The third-order valence-corrected chi connectivity index (χ3v) is 4.10. The molecule has 2 aromatic carbocycles. The van der Waals surface area contributed by atoms with E-state index in [0.717, 1.165) is 11.1 Å². The van der Waals surface area contributed by atoms with Crippen LogP contribution < -0.4 is 15.5 Å². The minimum Gasteiger partial charge on any atom is -0.479 e. The van der Waals surface area contributed by atoms with E-state index in [1.165, 1.54) is 6.07 Å². The first-order chi connectivity index (χ1) is 12.9. The van der Waals surface area contributed by atoms with Crippen molar-refractivity contribution in [2.45, 2.75) is 20.0 Å². The normalized spacial score (nSPS) is 11.9. The molecule has 0 heterocycles. The van der Waals surface area contributed by atoms with Crippen molar-refractivity contribution in [2.75, 3.05) is 6.54 Å². The highest BCUT2D eigenvalue weighted by atomic mass is 35.5. The van der Waals surface area contributed by atoms with Gasteiger partial charge in [-0.25, -0.2) is 5.43 Å². The second-order valence-corrected chi connectivity index (χ2v) is 6.55. The molecule has 0 unspecified atom stereocenters. The molecule has 2 N–H and O–H groups in total. The number of carbonyl (C=O) groups excluding carboxylic acids is 2. The number of nitrogens with zero attached hydrogens (tertiary/aromatic N) is 1. The Morgan fingerprint density at radius 3 is 2.67 bits per heavy atom. The Hall–Kier alpha value is -2.57. The maximum absolute atomic E-state index is 12.0. The highest BCUT2D eigenvalue weighted by molar-refractivity contribution is 6.35. The summed E-state index contributed by atoms with van der Waals surface area (Å²) in [7, 11) is 0. The molecule has 0 aliphatic rings. The molecule has 0 aliphatic heterocycles. The Morgan fingerprint density at radius 2 is 1.96 bits per heavy atom. The van der Waals surface area contributed by atoms with E-state index in [-0.39, 0.29) is 6.54 Å². The quantitative estimate of drug-likeness (QED) is 0.545. The zero-order chi connectivity index (χ0) is 19.8. The van der Waals surface area contributed by atoms with Gasteiger partial charge in [-0.1, -0.05) is 47.5 Å². The Bertz CT molecular complexity index is 856. The van der Waals surface area contributed by atoms with Crippen LogP contribution in [-0.4, -0.2) is 30.7 Å². The highest BCUT2D eigenvalue weighted by Crippen LogP contribution is 2.28. The summed E-state index contributed by atoms with van der Waals surface area (Å²) in [6, 6.07) is 12.3. The number of hydrogen-bond donors (Lipinski definition) is 2. The summed E-state index contributed by atoms with van der Waals surface area (Å²) in [5.74, 6) is -0.583. The van der Waals surface area contributed by atoms with Crippen LogP contribution in [0.4, 0.5) is 0 Å². The van der Waals surface area contributed by atoms with Gasteiger partial charge in [0.05, 0.1) is 17.8 Å². The van der Waals surface area contributed by atoms with E-state index < -0.39 is 17.9 Å². The maximum atomic E-state index is 12.0. The summed E-state index contributed by atoms with van der Waals surface area (Å²) >= 11 is 11.8. The van der Waals surface area contributed by atoms with Gasteiger partial charge in [-0.15, -0.1) is 0 Å². The van der Waals surface area contributed by atoms with Crippen molar-refractivity contribution in [3.8, 4) is 5.75 Å². The number of aryl methyl sites for hydroxylation is 1. The van der Waals surface area contributed by atoms with Crippen molar-refractivity contribution in [3.05, 3.63) is 63.6 Å². The number of hydrogen-bond acceptors (Lipinski definition) is 4. The van der Waals surface area contributed by atoms with E-state index >= 15 is 0 Å². The van der Waals surface area contributed by atoms with Gasteiger partial charge in [0.2, 0.25) is 0 Å². The average molecular weight is 408 g/mol. The molecule has 0 aromatic heterocycles. The van der Waals surface area contributed by atoms with Gasteiger partial charge in [-0.3, -0.25) is 9.59 Å². The molecule has 142 valence electrons. The molecule has 0 spiro atoms. The van der Waals surface area contributed by atoms with Crippen molar-refractivity contribution < 1.29 is 14.3 Å². The van der Waals surface area contributed by atoms with E-state index in [9.17, 15) is 9.59 Å². The van der Waals surface area contributed by atoms with Crippen LogP contribution in [0.25, 0.3) is 0 Å². The molecule has 2 rings (SSSR count). The molecular formula is C19H19Cl2N3O3. The highest BCUT2D eigenvalue weighted by Gasteiger charge is 2.17. The number of benzene rings is 2. The second-order valence-electron chi connectivity index (χ2n) is 5.70. The lowest BCUT2D eigenvalue weighted by Crippen LogP contribution is -2.41. The largest absolute Gasteiger partial charge is 0.479 e. The van der Waals surface area contributed by atoms with Crippen LogP contribution in [0, 0.1) is 6.92 Å². The topological polar surface area (TPSA) is 79.8 Å². The first kappa shape index (κ1) is 20.7. The lowest BCUT2D eigenvalue weighted by atomic mass is 10.1. The molecule has 0 fully saturated rings. The van der Waals surface area contributed by atoms with E-state index in [4.69, 9.17) is 27.9 Å². The number of hydrazone groups is 1. The SMILES string of the molecule is Cc1ccccc1/C=N\NC(=O)CNC(=O)[C@@H](C)Oc1ccc(Cl)cc1Cl. The number of nitrogens with one attached hydrogen (secondary N) is 2. The summed E-state index contributed by atoms with van der Waals surface area (Å²) in [6.07, 6.45) is 0.704. The van der Waals surface area contributed by atoms with E-state index in [2.05, 4.69) is 15.8 Å². The second kappa shape index (κ2) is 9.94. The molecule has 2 amide bonds. The van der Waals surface area contributed by atoms with Gasteiger partial charge in [0.15, 0.2) is 6.10 Å². The summed E-state index contributed by atoms with van der Waals surface area (Å²) in [4.78, 5) is 23.8. The van der Waals surface area contributed by atoms with Crippen LogP contribution in [0.2, 0.25) is 10.0 Å². The summed E-state index contributed by atoms with van der Waals surface area (Å²) in [5, 5.41) is 7.11. The lowest BCUT2D eigenvalue weighted by Gasteiger charge is -2.15. The molecule has 27 heavy (non-hydrogen) atoms. The Morgan fingerprint density at radius 1 is 1.22 bits per heavy atom. The zero-order valence-electron chi connectivity index (χ0n) is 14.8. The number of carbonyl (C=O) groups is 2. The molecule has 6 nitrogen and oxygen atoms in total. The Labute approximate surface area is 167 Å². The minimum absolute atomic E-state index is 0.230. The number of ether oxygens (including phenoxy) is 1. The molecule has 0 aliphatic carbocycles. The van der Waals surface area contributed by atoms with Gasteiger partial charge < -0.3 is 10.1 Å². The van der Waals surface area contributed by atoms with Crippen LogP contribution in [0.1, 0.15) is 18.1 Å². The van der Waals surface area contributed by atoms with E-state index in [0.29, 0.717) is 15.8 Å². The first-order valence-electron chi connectivity index (χ1n) is 8.14. The molecular weight excluding hydrogens is 389 g/mol. The predicted octanol–water partition coefficient (Wildman–Crippen LogP) is 3.34. The van der Waals surface area contributed by atoms with Crippen molar-refractivity contribution in [1.82, 2.24) is 10.7 Å². The van der Waals surface area contributed by atoms with Crippen LogP contribution in [-0.2, 0) is 9.59 Å². The third kappa shape index (κ3) is 6.58. The van der Waals surface area contributed by atoms with Gasteiger partial charge in [0.25, 0.3) is 11.8 Å². The molecule has 0 saturated carbocycles. The van der Waals surface area contributed by atoms with Gasteiger partial charge in [-0.2, -0.15) is 5.10 Å². The Kier molecular flexibility index (Phi) is 7.64. The van der Waals surface area contributed by atoms with Gasteiger partial charge >= 0.3 is 0 Å². The van der Waals surface area contributed by atoms with Crippen molar-refractivity contribution >= 4 is 41.2 Å². The molecule has 8 heteroatoms. The first-order valence-corrected chi connectivity index (χ1v) is 8.89. The fourth-order valence-electron chi connectivity index (χ4n) is 2.07. The average Bonchev–Trinajstić information content (AvgIpc) is 2.63. The molecule has 0 bridgehead atoms. The van der Waals surface area contributed by atoms with Gasteiger partial charge in [-0.05, 0) is 43.2 Å². The smallest absolute Gasteiger partial charge is 0.261 e. The molecule has 0 saturated heterocycles. The van der Waals surface area contributed by atoms with Gasteiger partial charge in [0, 0.05) is 5.02 Å². The summed E-state index contributed by atoms with van der Waals surface area (Å²) < 4.78 is 5.48. The standard InChI is InChI=1S/C19H19Cl2N3O3/c1-12-5-3-4-6-14(12)10-23-24-18(25)11-22-19(26)13(2)27-17-8-7-15(20)9-16(17)21/h3-10,13H,11H2,1-2H3,(H,22,26)(H,24,25)/b23-10-/t13-/m1/s1. The Balaban J connectivity index is 1.78. The predicted molar refractivity (Wildman–Crippen MR) is 106 cm³/mol. The third-order valence-electron chi connectivity index (χ3n) is 3.57. The van der Waals surface area contributed by atoms with E-state index in [1.54, 1.807) is 25.3 Å². The van der Waals surface area contributed by atoms with Crippen molar-refractivity contribution in [2.24, 2.45) is 5.10 Å². The summed E-state index contributed by atoms with van der Waals surface area (Å²) in [5.41, 5.74) is 4.29.